The molecule has 74 valence electrons. The van der Waals surface area contributed by atoms with Crippen molar-refractivity contribution in [3.8, 4) is 0 Å². The van der Waals surface area contributed by atoms with Crippen LogP contribution in [0, 0.1) is 0 Å². The maximum atomic E-state index is 11.3. The zero-order chi connectivity index (χ0) is 10.6. The first-order chi connectivity index (χ1) is 6.69. The van der Waals surface area contributed by atoms with E-state index in [-0.39, 0.29) is 5.97 Å². The molecule has 0 aliphatic carbocycles. The molecule has 0 fully saturated rings. The Kier molecular flexibility index (Phi) is 3.71. The summed E-state index contributed by atoms with van der Waals surface area (Å²) in [6, 6.07) is 5.30. The van der Waals surface area contributed by atoms with E-state index in [9.17, 15) is 4.79 Å². The molecule has 0 amide bonds. The van der Waals surface area contributed by atoms with Gasteiger partial charge in [0.1, 0.15) is 0 Å². The highest BCUT2D eigenvalue weighted by Crippen LogP contribution is 2.21. The molecule has 4 heteroatoms. The summed E-state index contributed by atoms with van der Waals surface area (Å²) >= 11 is 3.28. The number of halogens is 1. The minimum absolute atomic E-state index is 0.379. The summed E-state index contributed by atoms with van der Waals surface area (Å²) in [6.45, 7) is 3.53. The maximum absolute atomic E-state index is 11.3. The SMILES string of the molecule is C=CNc1ccc(Br)cc1C(=O)OC. The van der Waals surface area contributed by atoms with Crippen LogP contribution < -0.4 is 5.32 Å². The summed E-state index contributed by atoms with van der Waals surface area (Å²) in [5, 5.41) is 2.86. The van der Waals surface area contributed by atoms with E-state index < -0.39 is 0 Å². The number of esters is 1. The number of hydrogen-bond donors (Lipinski definition) is 1. The third-order valence-electron chi connectivity index (χ3n) is 1.64. The molecule has 0 bridgehead atoms. The highest BCUT2D eigenvalue weighted by Gasteiger charge is 2.10. The van der Waals surface area contributed by atoms with Crippen LogP contribution >= 0.6 is 15.9 Å². The number of carbonyl (C=O) groups is 1. The number of carbonyl (C=O) groups excluding carboxylic acids is 1. The lowest BCUT2D eigenvalue weighted by atomic mass is 10.2. The largest absolute Gasteiger partial charge is 0.465 e. The molecule has 0 heterocycles. The fourth-order valence-corrected chi connectivity index (χ4v) is 1.39. The second-order valence-electron chi connectivity index (χ2n) is 2.53. The lowest BCUT2D eigenvalue weighted by molar-refractivity contribution is 0.0602. The molecule has 14 heavy (non-hydrogen) atoms. The Labute approximate surface area is 90.9 Å². The molecular formula is C10H10BrNO2. The highest BCUT2D eigenvalue weighted by molar-refractivity contribution is 9.10. The van der Waals surface area contributed by atoms with Gasteiger partial charge in [-0.1, -0.05) is 22.5 Å². The minimum atomic E-state index is -0.379. The van der Waals surface area contributed by atoms with Crippen molar-refractivity contribution in [2.75, 3.05) is 12.4 Å². The first-order valence-electron chi connectivity index (χ1n) is 3.94. The van der Waals surface area contributed by atoms with Gasteiger partial charge in [0, 0.05) is 4.47 Å². The van der Waals surface area contributed by atoms with E-state index in [1.807, 2.05) is 6.07 Å². The first kappa shape index (κ1) is 10.8. The van der Waals surface area contributed by atoms with Gasteiger partial charge in [-0.3, -0.25) is 0 Å². The number of nitrogens with one attached hydrogen (secondary N) is 1. The topological polar surface area (TPSA) is 38.3 Å². The van der Waals surface area contributed by atoms with Crippen LogP contribution in [0.1, 0.15) is 10.4 Å². The summed E-state index contributed by atoms with van der Waals surface area (Å²) < 4.78 is 5.47. The van der Waals surface area contributed by atoms with Crippen LogP contribution in [0.5, 0.6) is 0 Å². The van der Waals surface area contributed by atoms with Gasteiger partial charge in [0.25, 0.3) is 0 Å². The third kappa shape index (κ3) is 2.35. The van der Waals surface area contributed by atoms with Gasteiger partial charge in [0.15, 0.2) is 0 Å². The van der Waals surface area contributed by atoms with Crippen molar-refractivity contribution in [1.29, 1.82) is 0 Å². The van der Waals surface area contributed by atoms with E-state index in [2.05, 4.69) is 32.6 Å². The second-order valence-corrected chi connectivity index (χ2v) is 3.45. The molecular weight excluding hydrogens is 246 g/mol. The van der Waals surface area contributed by atoms with E-state index in [1.165, 1.54) is 13.3 Å². The molecule has 0 unspecified atom stereocenters. The smallest absolute Gasteiger partial charge is 0.340 e. The Morgan fingerprint density at radius 1 is 1.64 bits per heavy atom. The van der Waals surface area contributed by atoms with Crippen LogP contribution in [-0.2, 0) is 4.74 Å². The zero-order valence-corrected chi connectivity index (χ0v) is 9.30. The van der Waals surface area contributed by atoms with E-state index in [4.69, 9.17) is 0 Å². The van der Waals surface area contributed by atoms with Crippen molar-refractivity contribution in [2.45, 2.75) is 0 Å². The Morgan fingerprint density at radius 3 is 2.93 bits per heavy atom. The molecule has 1 aromatic carbocycles. The fourth-order valence-electron chi connectivity index (χ4n) is 1.03. The molecule has 0 spiro atoms. The molecule has 0 aliphatic rings. The van der Waals surface area contributed by atoms with Gasteiger partial charge in [-0.2, -0.15) is 0 Å². The van der Waals surface area contributed by atoms with E-state index in [1.54, 1.807) is 12.1 Å². The van der Waals surface area contributed by atoms with Crippen molar-refractivity contribution < 1.29 is 9.53 Å². The monoisotopic (exact) mass is 255 g/mol. The number of anilines is 1. The van der Waals surface area contributed by atoms with E-state index >= 15 is 0 Å². The summed E-state index contributed by atoms with van der Waals surface area (Å²) in [7, 11) is 1.35. The number of hydrogen-bond acceptors (Lipinski definition) is 3. The van der Waals surface area contributed by atoms with Crippen molar-refractivity contribution in [3.05, 3.63) is 41.0 Å². The zero-order valence-electron chi connectivity index (χ0n) is 7.71. The predicted octanol–water partition coefficient (Wildman–Crippen LogP) is 2.79. The Balaban J connectivity index is 3.14. The molecule has 0 radical (unpaired) electrons. The van der Waals surface area contributed by atoms with Gasteiger partial charge in [-0.05, 0) is 24.4 Å². The summed E-state index contributed by atoms with van der Waals surface area (Å²) in [5.74, 6) is -0.379. The van der Waals surface area contributed by atoms with Gasteiger partial charge < -0.3 is 10.1 Å². The molecule has 0 saturated heterocycles. The number of benzene rings is 1. The van der Waals surface area contributed by atoms with Gasteiger partial charge in [0.05, 0.1) is 18.4 Å². The van der Waals surface area contributed by atoms with Crippen molar-refractivity contribution in [2.24, 2.45) is 0 Å². The third-order valence-corrected chi connectivity index (χ3v) is 2.14. The minimum Gasteiger partial charge on any atom is -0.465 e. The van der Waals surface area contributed by atoms with Crippen LogP contribution in [0.2, 0.25) is 0 Å². The van der Waals surface area contributed by atoms with Gasteiger partial charge in [0.2, 0.25) is 0 Å². The molecule has 1 aromatic rings. The van der Waals surface area contributed by atoms with Crippen LogP contribution in [-0.4, -0.2) is 13.1 Å². The standard InChI is InChI=1S/C10H10BrNO2/c1-3-12-9-5-4-7(11)6-8(9)10(13)14-2/h3-6,12H,1H2,2H3. The Bertz CT molecular complexity index is 363. The van der Waals surface area contributed by atoms with Crippen molar-refractivity contribution >= 4 is 27.6 Å². The molecule has 1 rings (SSSR count). The van der Waals surface area contributed by atoms with Crippen LogP contribution in [0.25, 0.3) is 0 Å². The second kappa shape index (κ2) is 4.81. The van der Waals surface area contributed by atoms with E-state index in [0.29, 0.717) is 11.3 Å². The van der Waals surface area contributed by atoms with Crippen LogP contribution in [0.3, 0.4) is 0 Å². The molecule has 0 saturated carbocycles. The summed E-state index contributed by atoms with van der Waals surface area (Å²) in [5.41, 5.74) is 1.15. The van der Waals surface area contributed by atoms with Gasteiger partial charge in [-0.15, -0.1) is 0 Å². The van der Waals surface area contributed by atoms with Gasteiger partial charge in [-0.25, -0.2) is 4.79 Å². The Morgan fingerprint density at radius 2 is 2.36 bits per heavy atom. The molecule has 0 aliphatic heterocycles. The quantitative estimate of drug-likeness (QED) is 0.845. The van der Waals surface area contributed by atoms with Gasteiger partial charge >= 0.3 is 5.97 Å². The molecule has 0 aromatic heterocycles. The average Bonchev–Trinajstić information content (AvgIpc) is 2.20. The molecule has 0 atom stereocenters. The molecule has 1 N–H and O–H groups in total. The lowest BCUT2D eigenvalue weighted by Crippen LogP contribution is -2.05. The molecule has 3 nitrogen and oxygen atoms in total. The summed E-state index contributed by atoms with van der Waals surface area (Å²) in [6.07, 6.45) is 1.51. The number of methoxy groups -OCH3 is 1. The summed E-state index contributed by atoms with van der Waals surface area (Å²) in [4.78, 5) is 11.3. The Hall–Kier alpha value is -1.29. The predicted molar refractivity (Wildman–Crippen MR) is 59.3 cm³/mol. The van der Waals surface area contributed by atoms with Crippen LogP contribution in [0.4, 0.5) is 5.69 Å². The number of rotatable bonds is 3. The van der Waals surface area contributed by atoms with Crippen molar-refractivity contribution in [3.63, 3.8) is 0 Å². The average molecular weight is 256 g/mol. The number of ether oxygens (including phenoxy) is 1. The first-order valence-corrected chi connectivity index (χ1v) is 4.73. The fraction of sp³-hybridized carbons (Fsp3) is 0.100. The van der Waals surface area contributed by atoms with Crippen LogP contribution in [0.15, 0.2) is 35.5 Å². The maximum Gasteiger partial charge on any atom is 0.340 e. The normalized spacial score (nSPS) is 9.29. The van der Waals surface area contributed by atoms with E-state index in [0.717, 1.165) is 4.47 Å². The highest BCUT2D eigenvalue weighted by atomic mass is 79.9. The van der Waals surface area contributed by atoms with Crippen molar-refractivity contribution in [1.82, 2.24) is 0 Å². The lowest BCUT2D eigenvalue weighted by Gasteiger charge is -2.07.